The van der Waals surface area contributed by atoms with E-state index in [-0.39, 0.29) is 0 Å². The maximum Gasteiger partial charge on any atom is 0.229 e. The highest BCUT2D eigenvalue weighted by molar-refractivity contribution is 5.54. The highest BCUT2D eigenvalue weighted by atomic mass is 16.5. The van der Waals surface area contributed by atoms with E-state index in [2.05, 4.69) is 37.7 Å². The van der Waals surface area contributed by atoms with Gasteiger partial charge < -0.3 is 15.4 Å². The lowest BCUT2D eigenvalue weighted by molar-refractivity contribution is 0.414. The van der Waals surface area contributed by atoms with Crippen molar-refractivity contribution in [3.63, 3.8) is 0 Å². The molecule has 0 saturated carbocycles. The fourth-order valence-corrected chi connectivity index (χ4v) is 2.41. The maximum absolute atomic E-state index is 5.17. The van der Waals surface area contributed by atoms with Crippen molar-refractivity contribution in [1.82, 2.24) is 15.0 Å². The van der Waals surface area contributed by atoms with Gasteiger partial charge >= 0.3 is 0 Å². The van der Waals surface area contributed by atoms with E-state index >= 15 is 0 Å². The van der Waals surface area contributed by atoms with E-state index in [4.69, 9.17) is 4.74 Å². The van der Waals surface area contributed by atoms with Crippen LogP contribution < -0.4 is 15.4 Å². The second-order valence-electron chi connectivity index (χ2n) is 5.60. The number of nitrogens with zero attached hydrogens (tertiary/aromatic N) is 3. The molecule has 2 heterocycles. The molecular formula is C19H21N5O. The zero-order valence-corrected chi connectivity index (χ0v) is 14.4. The monoisotopic (exact) mass is 335 g/mol. The smallest absolute Gasteiger partial charge is 0.229 e. The molecule has 2 N–H and O–H groups in total. The van der Waals surface area contributed by atoms with Crippen LogP contribution in [0, 0.1) is 6.92 Å². The highest BCUT2D eigenvalue weighted by Crippen LogP contribution is 2.15. The summed E-state index contributed by atoms with van der Waals surface area (Å²) >= 11 is 0. The number of benzene rings is 1. The number of nitrogens with one attached hydrogen (secondary N) is 2. The van der Waals surface area contributed by atoms with E-state index in [1.165, 1.54) is 5.56 Å². The Balaban J connectivity index is 1.60. The van der Waals surface area contributed by atoms with Crippen LogP contribution in [0.1, 0.15) is 11.3 Å². The molecule has 6 nitrogen and oxygen atoms in total. The lowest BCUT2D eigenvalue weighted by Gasteiger charge is -2.10. The van der Waals surface area contributed by atoms with Crippen LogP contribution in [0.2, 0.25) is 0 Å². The number of aromatic nitrogens is 3. The molecule has 0 aliphatic carbocycles. The van der Waals surface area contributed by atoms with Crippen molar-refractivity contribution < 1.29 is 4.74 Å². The third-order valence-electron chi connectivity index (χ3n) is 3.67. The first-order chi connectivity index (χ1) is 12.2. The van der Waals surface area contributed by atoms with Crippen LogP contribution in [0.5, 0.6) is 5.75 Å². The van der Waals surface area contributed by atoms with E-state index in [1.807, 2.05) is 37.3 Å². The largest absolute Gasteiger partial charge is 0.497 e. The predicted octanol–water partition coefficient (Wildman–Crippen LogP) is 3.59. The third kappa shape index (κ3) is 4.91. The summed E-state index contributed by atoms with van der Waals surface area (Å²) in [5.41, 5.74) is 3.05. The quantitative estimate of drug-likeness (QED) is 0.687. The molecular weight excluding hydrogens is 314 g/mol. The summed E-state index contributed by atoms with van der Waals surface area (Å²) in [7, 11) is 1.67. The van der Waals surface area contributed by atoms with Crippen molar-refractivity contribution in [2.45, 2.75) is 13.3 Å². The second-order valence-corrected chi connectivity index (χ2v) is 5.60. The number of pyridine rings is 1. The van der Waals surface area contributed by atoms with Gasteiger partial charge in [-0.15, -0.1) is 0 Å². The van der Waals surface area contributed by atoms with Gasteiger partial charge in [0, 0.05) is 36.4 Å². The minimum Gasteiger partial charge on any atom is -0.497 e. The van der Waals surface area contributed by atoms with Gasteiger partial charge in [0.1, 0.15) is 11.6 Å². The van der Waals surface area contributed by atoms with Crippen LogP contribution in [0.25, 0.3) is 0 Å². The molecule has 6 heteroatoms. The number of anilines is 3. The van der Waals surface area contributed by atoms with Gasteiger partial charge in [-0.25, -0.2) is 4.98 Å². The topological polar surface area (TPSA) is 72.0 Å². The van der Waals surface area contributed by atoms with E-state index in [1.54, 1.807) is 19.5 Å². The van der Waals surface area contributed by atoms with Gasteiger partial charge in [0.05, 0.1) is 7.11 Å². The SMILES string of the molecule is COc1ccc(CCNc2cc(C)nc(Nc3ccncc3)n2)cc1. The number of hydrogen-bond acceptors (Lipinski definition) is 6. The number of rotatable bonds is 7. The van der Waals surface area contributed by atoms with Crippen molar-refractivity contribution >= 4 is 17.5 Å². The zero-order valence-electron chi connectivity index (χ0n) is 14.4. The van der Waals surface area contributed by atoms with Crippen molar-refractivity contribution in [2.24, 2.45) is 0 Å². The Kier molecular flexibility index (Phi) is 5.41. The Morgan fingerprint density at radius 3 is 2.48 bits per heavy atom. The highest BCUT2D eigenvalue weighted by Gasteiger charge is 2.03. The zero-order chi connectivity index (χ0) is 17.5. The molecule has 25 heavy (non-hydrogen) atoms. The molecule has 0 amide bonds. The summed E-state index contributed by atoms with van der Waals surface area (Å²) in [4.78, 5) is 12.9. The first kappa shape index (κ1) is 16.7. The number of ether oxygens (including phenoxy) is 1. The van der Waals surface area contributed by atoms with Crippen LogP contribution in [0.4, 0.5) is 17.5 Å². The lowest BCUT2D eigenvalue weighted by atomic mass is 10.1. The van der Waals surface area contributed by atoms with Crippen LogP contribution >= 0.6 is 0 Å². The van der Waals surface area contributed by atoms with E-state index in [0.717, 1.165) is 35.9 Å². The van der Waals surface area contributed by atoms with Crippen LogP contribution in [0.15, 0.2) is 54.9 Å². The first-order valence-corrected chi connectivity index (χ1v) is 8.12. The Morgan fingerprint density at radius 1 is 1.00 bits per heavy atom. The summed E-state index contributed by atoms with van der Waals surface area (Å²) in [6, 6.07) is 13.8. The summed E-state index contributed by atoms with van der Waals surface area (Å²) < 4.78 is 5.17. The molecule has 0 fully saturated rings. The molecule has 0 spiro atoms. The van der Waals surface area contributed by atoms with E-state index in [0.29, 0.717) is 5.95 Å². The van der Waals surface area contributed by atoms with Crippen molar-refractivity contribution in [3.05, 3.63) is 66.1 Å². The van der Waals surface area contributed by atoms with E-state index in [9.17, 15) is 0 Å². The molecule has 0 atom stereocenters. The molecule has 1 aromatic carbocycles. The Bertz CT molecular complexity index is 806. The molecule has 2 aromatic heterocycles. The van der Waals surface area contributed by atoms with Gasteiger partial charge in [0.15, 0.2) is 0 Å². The van der Waals surface area contributed by atoms with Gasteiger partial charge in [-0.1, -0.05) is 12.1 Å². The molecule has 0 bridgehead atoms. The third-order valence-corrected chi connectivity index (χ3v) is 3.67. The number of methoxy groups -OCH3 is 1. The summed E-state index contributed by atoms with van der Waals surface area (Å²) in [6.07, 6.45) is 4.36. The average Bonchev–Trinajstić information content (AvgIpc) is 2.63. The molecule has 0 unspecified atom stereocenters. The Morgan fingerprint density at radius 2 is 1.76 bits per heavy atom. The van der Waals surface area contributed by atoms with Gasteiger partial charge in [-0.3, -0.25) is 4.98 Å². The molecule has 0 aliphatic heterocycles. The minimum absolute atomic E-state index is 0.568. The standard InChI is InChI=1S/C19H21N5O/c1-14-13-18(21-12-7-15-3-5-17(25-2)6-4-15)24-19(22-14)23-16-8-10-20-11-9-16/h3-6,8-11,13H,7,12H2,1-2H3,(H2,20,21,22,23,24). The van der Waals surface area contributed by atoms with Crippen LogP contribution in [0.3, 0.4) is 0 Å². The normalized spacial score (nSPS) is 10.3. The van der Waals surface area contributed by atoms with Crippen molar-refractivity contribution in [3.8, 4) is 5.75 Å². The fraction of sp³-hybridized carbons (Fsp3) is 0.211. The summed E-state index contributed by atoms with van der Waals surface area (Å²) in [6.45, 7) is 2.74. The second kappa shape index (κ2) is 8.10. The summed E-state index contributed by atoms with van der Waals surface area (Å²) in [5, 5.41) is 6.54. The van der Waals surface area contributed by atoms with Crippen molar-refractivity contribution in [1.29, 1.82) is 0 Å². The average molecular weight is 335 g/mol. The Labute approximate surface area is 147 Å². The first-order valence-electron chi connectivity index (χ1n) is 8.12. The predicted molar refractivity (Wildman–Crippen MR) is 99.5 cm³/mol. The van der Waals surface area contributed by atoms with Gasteiger partial charge in [-0.05, 0) is 43.2 Å². The number of aryl methyl sites for hydroxylation is 1. The molecule has 128 valence electrons. The fourth-order valence-electron chi connectivity index (χ4n) is 2.41. The molecule has 0 radical (unpaired) electrons. The van der Waals surface area contributed by atoms with Gasteiger partial charge in [0.2, 0.25) is 5.95 Å². The van der Waals surface area contributed by atoms with Gasteiger partial charge in [-0.2, -0.15) is 4.98 Å². The van der Waals surface area contributed by atoms with Crippen LogP contribution in [-0.2, 0) is 6.42 Å². The molecule has 3 rings (SSSR count). The lowest BCUT2D eigenvalue weighted by Crippen LogP contribution is -2.08. The minimum atomic E-state index is 0.568. The Hall–Kier alpha value is -3.15. The van der Waals surface area contributed by atoms with Crippen LogP contribution in [-0.4, -0.2) is 28.6 Å². The van der Waals surface area contributed by atoms with Crippen molar-refractivity contribution in [2.75, 3.05) is 24.3 Å². The molecule has 3 aromatic rings. The summed E-state index contributed by atoms with van der Waals surface area (Å²) in [5.74, 6) is 2.24. The number of hydrogen-bond donors (Lipinski definition) is 2. The van der Waals surface area contributed by atoms with E-state index < -0.39 is 0 Å². The molecule has 0 aliphatic rings. The molecule has 0 saturated heterocycles. The maximum atomic E-state index is 5.17. The van der Waals surface area contributed by atoms with Gasteiger partial charge in [0.25, 0.3) is 0 Å².